The summed E-state index contributed by atoms with van der Waals surface area (Å²) in [6.07, 6.45) is 3.48. The number of carbonyl (C=O) groups is 2. The topological polar surface area (TPSA) is 116 Å². The number of carbonyl (C=O) groups excluding carboxylic acids is 2. The molecule has 3 N–H and O–H groups in total. The Kier molecular flexibility index (Phi) is 8.23. The summed E-state index contributed by atoms with van der Waals surface area (Å²) >= 11 is 0. The molecular weight excluding hydrogens is 478 g/mol. The average molecular weight is 508 g/mol. The van der Waals surface area contributed by atoms with Crippen LogP contribution >= 0.6 is 0 Å². The largest absolute Gasteiger partial charge is 0.335 e. The predicted molar refractivity (Wildman–Crippen MR) is 150 cm³/mol. The number of nitrogens with one attached hydrogen (secondary N) is 3. The second kappa shape index (κ2) is 11.9. The molecule has 4 rings (SSSR count). The zero-order valence-corrected chi connectivity index (χ0v) is 21.4. The lowest BCUT2D eigenvalue weighted by Gasteiger charge is -2.18. The molecule has 0 aliphatic heterocycles. The molecule has 1 heterocycles. The second-order valence-electron chi connectivity index (χ2n) is 9.20. The van der Waals surface area contributed by atoms with Gasteiger partial charge in [0, 0.05) is 10.9 Å². The Hall–Kier alpha value is -4.85. The van der Waals surface area contributed by atoms with Crippen molar-refractivity contribution in [2.45, 2.75) is 32.7 Å². The van der Waals surface area contributed by atoms with Crippen LogP contribution in [0.25, 0.3) is 16.8 Å². The van der Waals surface area contributed by atoms with E-state index in [9.17, 15) is 14.4 Å². The molecule has 4 aromatic rings. The molecule has 0 radical (unpaired) electrons. The summed E-state index contributed by atoms with van der Waals surface area (Å²) in [6.45, 7) is 6.16. The van der Waals surface area contributed by atoms with Gasteiger partial charge in [0.25, 0.3) is 17.4 Å². The Bertz CT molecular complexity index is 1550. The van der Waals surface area contributed by atoms with Crippen LogP contribution in [0.2, 0.25) is 0 Å². The molecule has 8 heteroatoms. The van der Waals surface area contributed by atoms with Gasteiger partial charge in [-0.2, -0.15) is 10.2 Å². The van der Waals surface area contributed by atoms with Gasteiger partial charge in [-0.15, -0.1) is 0 Å². The van der Waals surface area contributed by atoms with Crippen LogP contribution in [0.15, 0.2) is 94.3 Å². The van der Waals surface area contributed by atoms with E-state index in [0.717, 1.165) is 11.1 Å². The highest BCUT2D eigenvalue weighted by atomic mass is 16.2. The zero-order valence-electron chi connectivity index (χ0n) is 21.4. The number of H-pyrrole nitrogens is 1. The summed E-state index contributed by atoms with van der Waals surface area (Å²) in [7, 11) is 0. The normalized spacial score (nSPS) is 12.6. The molecule has 0 fully saturated rings. The van der Waals surface area contributed by atoms with Gasteiger partial charge in [-0.05, 0) is 47.7 Å². The van der Waals surface area contributed by atoms with E-state index in [1.165, 1.54) is 11.8 Å². The van der Waals surface area contributed by atoms with Gasteiger partial charge in [0.15, 0.2) is 6.04 Å². The lowest BCUT2D eigenvalue weighted by molar-refractivity contribution is -0.123. The van der Waals surface area contributed by atoms with Crippen molar-refractivity contribution in [3.05, 3.63) is 117 Å². The third-order valence-corrected chi connectivity index (χ3v) is 6.01. The van der Waals surface area contributed by atoms with Gasteiger partial charge < -0.3 is 5.32 Å². The summed E-state index contributed by atoms with van der Waals surface area (Å²) < 4.78 is 0. The number of nitrogens with zero attached hydrogens (tertiary/aromatic N) is 2. The molecule has 0 aliphatic carbocycles. The van der Waals surface area contributed by atoms with Crippen LogP contribution in [0.4, 0.5) is 0 Å². The number of aromatic amines is 1. The smallest absolute Gasteiger partial charge is 0.272 e. The fourth-order valence-electron chi connectivity index (χ4n) is 3.96. The van der Waals surface area contributed by atoms with Crippen LogP contribution in [-0.4, -0.2) is 28.2 Å². The van der Waals surface area contributed by atoms with E-state index in [2.05, 4.69) is 52.0 Å². The van der Waals surface area contributed by atoms with E-state index < -0.39 is 23.4 Å². The minimum Gasteiger partial charge on any atom is -0.335 e. The van der Waals surface area contributed by atoms with Gasteiger partial charge in [-0.25, -0.2) is 10.5 Å². The number of rotatable bonds is 8. The summed E-state index contributed by atoms with van der Waals surface area (Å²) in [4.78, 5) is 38.5. The van der Waals surface area contributed by atoms with E-state index in [4.69, 9.17) is 0 Å². The van der Waals surface area contributed by atoms with E-state index in [1.807, 2.05) is 25.1 Å². The van der Waals surface area contributed by atoms with Crippen LogP contribution in [-0.2, 0) is 4.79 Å². The Balaban J connectivity index is 1.58. The van der Waals surface area contributed by atoms with Crippen molar-refractivity contribution in [1.82, 2.24) is 20.9 Å². The quantitative estimate of drug-likeness (QED) is 0.236. The molecular formula is C30H29N5O3. The van der Waals surface area contributed by atoms with Gasteiger partial charge in [0.05, 0.1) is 11.6 Å². The van der Waals surface area contributed by atoms with E-state index in [-0.39, 0.29) is 5.69 Å². The number of allylic oxidation sites excluding steroid dienone is 1. The molecule has 1 atom stereocenters. The van der Waals surface area contributed by atoms with Crippen LogP contribution in [0.1, 0.15) is 59.9 Å². The first-order valence-corrected chi connectivity index (χ1v) is 12.3. The first-order valence-electron chi connectivity index (χ1n) is 12.3. The number of hydrogen-bond acceptors (Lipinski definition) is 5. The Morgan fingerprint density at radius 3 is 2.26 bits per heavy atom. The Labute approximate surface area is 220 Å². The molecule has 0 unspecified atom stereocenters. The maximum absolute atomic E-state index is 13.3. The molecule has 0 aliphatic rings. The van der Waals surface area contributed by atoms with Gasteiger partial charge in [0.1, 0.15) is 5.69 Å². The molecule has 0 saturated heterocycles. The molecule has 1 aromatic heterocycles. The first kappa shape index (κ1) is 26.2. The molecule has 38 heavy (non-hydrogen) atoms. The zero-order chi connectivity index (χ0) is 27.1. The lowest BCUT2D eigenvalue weighted by Crippen LogP contribution is -2.40. The highest BCUT2D eigenvalue weighted by Gasteiger charge is 2.27. The predicted octanol–water partition coefficient (Wildman–Crippen LogP) is 4.72. The van der Waals surface area contributed by atoms with Crippen molar-refractivity contribution >= 4 is 34.9 Å². The van der Waals surface area contributed by atoms with Crippen molar-refractivity contribution in [2.75, 3.05) is 0 Å². The van der Waals surface area contributed by atoms with Gasteiger partial charge >= 0.3 is 0 Å². The van der Waals surface area contributed by atoms with E-state index in [1.54, 1.807) is 54.6 Å². The van der Waals surface area contributed by atoms with E-state index in [0.29, 0.717) is 22.3 Å². The molecule has 2 amide bonds. The SMILES string of the molecule is C/C(C=NNC(=O)[C@@H](NC(=O)c1ccccc1)c1n[nH]c(=O)c2ccccc12)=C/c1ccc(C(C)C)cc1. The van der Waals surface area contributed by atoms with Crippen molar-refractivity contribution in [3.63, 3.8) is 0 Å². The minimum absolute atomic E-state index is 0.203. The van der Waals surface area contributed by atoms with Gasteiger partial charge in [-0.1, -0.05) is 80.6 Å². The highest BCUT2D eigenvalue weighted by Crippen LogP contribution is 2.21. The van der Waals surface area contributed by atoms with Crippen LogP contribution in [0, 0.1) is 0 Å². The summed E-state index contributed by atoms with van der Waals surface area (Å²) in [6, 6.07) is 22.3. The fourth-order valence-corrected chi connectivity index (χ4v) is 3.96. The van der Waals surface area contributed by atoms with Gasteiger partial charge in [-0.3, -0.25) is 14.4 Å². The molecule has 192 valence electrons. The number of aromatic nitrogens is 2. The molecule has 0 bridgehead atoms. The maximum atomic E-state index is 13.3. The molecule has 0 saturated carbocycles. The number of amides is 2. The molecule has 3 aromatic carbocycles. The van der Waals surface area contributed by atoms with Crippen molar-refractivity contribution in [1.29, 1.82) is 0 Å². The summed E-state index contributed by atoms with van der Waals surface area (Å²) in [5.74, 6) is -0.618. The number of hydrazone groups is 1. The standard InChI is InChI=1S/C30H29N5O3/c1-19(2)22-15-13-21(14-16-22)17-20(3)18-31-34-30(38)27(32-28(36)23-9-5-4-6-10-23)26-24-11-7-8-12-25(24)29(37)35-33-26/h4-19,27H,1-3H3,(H,32,36)(H,34,38)(H,35,37)/b20-17-,31-18?/t27-/m0/s1. The number of hydrogen-bond donors (Lipinski definition) is 3. The van der Waals surface area contributed by atoms with Crippen LogP contribution < -0.4 is 16.3 Å². The number of fused-ring (bicyclic) bond motifs is 1. The summed E-state index contributed by atoms with van der Waals surface area (Å²) in [5, 5.41) is 14.2. The fraction of sp³-hybridized carbons (Fsp3) is 0.167. The highest BCUT2D eigenvalue weighted by molar-refractivity contribution is 5.99. The third-order valence-electron chi connectivity index (χ3n) is 6.01. The molecule has 0 spiro atoms. The summed E-state index contributed by atoms with van der Waals surface area (Å²) in [5.41, 5.74) is 5.79. The average Bonchev–Trinajstić information content (AvgIpc) is 2.93. The molecule has 8 nitrogen and oxygen atoms in total. The lowest BCUT2D eigenvalue weighted by atomic mass is 10.0. The third kappa shape index (κ3) is 6.28. The second-order valence-corrected chi connectivity index (χ2v) is 9.20. The van der Waals surface area contributed by atoms with Crippen LogP contribution in [0.5, 0.6) is 0 Å². The first-order chi connectivity index (χ1) is 18.3. The van der Waals surface area contributed by atoms with Crippen molar-refractivity contribution in [2.24, 2.45) is 5.10 Å². The Morgan fingerprint density at radius 1 is 0.921 bits per heavy atom. The maximum Gasteiger partial charge on any atom is 0.272 e. The number of benzene rings is 3. The van der Waals surface area contributed by atoms with Crippen LogP contribution in [0.3, 0.4) is 0 Å². The van der Waals surface area contributed by atoms with Crippen molar-refractivity contribution in [3.8, 4) is 0 Å². The monoisotopic (exact) mass is 507 g/mol. The minimum atomic E-state index is -1.21. The van der Waals surface area contributed by atoms with Gasteiger partial charge in [0.2, 0.25) is 0 Å². The van der Waals surface area contributed by atoms with Crippen molar-refractivity contribution < 1.29 is 9.59 Å². The Morgan fingerprint density at radius 2 is 1.58 bits per heavy atom. The van der Waals surface area contributed by atoms with E-state index >= 15 is 0 Å².